The number of ether oxygens (including phenoxy) is 1. The lowest BCUT2D eigenvalue weighted by Crippen LogP contribution is -2.09. The second-order valence-corrected chi connectivity index (χ2v) is 7.77. The first-order chi connectivity index (χ1) is 13.9. The maximum atomic E-state index is 12.4. The van der Waals surface area contributed by atoms with E-state index in [9.17, 15) is 9.59 Å². The molecule has 0 saturated carbocycles. The van der Waals surface area contributed by atoms with Gasteiger partial charge in [0.05, 0.1) is 5.56 Å². The first kappa shape index (κ1) is 20.7. The van der Waals surface area contributed by atoms with Crippen molar-refractivity contribution < 1.29 is 14.3 Å². The lowest BCUT2D eigenvalue weighted by molar-refractivity contribution is 0.0733. The van der Waals surface area contributed by atoms with Crippen LogP contribution in [0, 0.1) is 0 Å². The van der Waals surface area contributed by atoms with Gasteiger partial charge in [0.15, 0.2) is 5.78 Å². The second kappa shape index (κ2) is 9.48. The fourth-order valence-corrected chi connectivity index (χ4v) is 3.18. The molecule has 29 heavy (non-hydrogen) atoms. The van der Waals surface area contributed by atoms with Crippen molar-refractivity contribution in [3.05, 3.63) is 106 Å². The van der Waals surface area contributed by atoms with Crippen molar-refractivity contribution in [3.63, 3.8) is 0 Å². The van der Waals surface area contributed by atoms with E-state index in [-0.39, 0.29) is 5.78 Å². The van der Waals surface area contributed by atoms with Gasteiger partial charge in [0, 0.05) is 10.0 Å². The number of benzene rings is 3. The number of allylic oxidation sites excluding steroid dienone is 1. The van der Waals surface area contributed by atoms with Crippen molar-refractivity contribution in [1.82, 2.24) is 0 Å². The molecule has 0 unspecified atom stereocenters. The molecule has 0 radical (unpaired) electrons. The lowest BCUT2D eigenvalue weighted by Gasteiger charge is -2.06. The molecule has 3 nitrogen and oxygen atoms in total. The molecule has 0 saturated heterocycles. The van der Waals surface area contributed by atoms with E-state index in [1.165, 1.54) is 5.56 Å². The third-order valence-corrected chi connectivity index (χ3v) is 5.16. The minimum Gasteiger partial charge on any atom is -0.423 e. The van der Waals surface area contributed by atoms with Crippen LogP contribution in [-0.4, -0.2) is 11.8 Å². The summed E-state index contributed by atoms with van der Waals surface area (Å²) in [6, 6.07) is 21.7. The average Bonchev–Trinajstić information content (AvgIpc) is 2.73. The number of carbonyl (C=O) groups excluding carboxylic acids is 2. The number of carbonyl (C=O) groups is 2. The molecule has 0 aliphatic rings. The van der Waals surface area contributed by atoms with Gasteiger partial charge in [0.1, 0.15) is 5.75 Å². The molecule has 0 N–H and O–H groups in total. The number of halogens is 1. The van der Waals surface area contributed by atoms with Crippen LogP contribution >= 0.6 is 15.9 Å². The normalized spacial score (nSPS) is 11.0. The number of hydrogen-bond acceptors (Lipinski definition) is 3. The highest BCUT2D eigenvalue weighted by atomic mass is 79.9. The monoisotopic (exact) mass is 448 g/mol. The second-order valence-electron chi connectivity index (χ2n) is 6.91. The molecule has 0 aliphatic heterocycles. The Morgan fingerprint density at radius 2 is 1.55 bits per heavy atom. The molecule has 0 fully saturated rings. The molecular weight excluding hydrogens is 428 g/mol. The molecule has 0 aliphatic carbocycles. The SMILES string of the molecule is CC(C)c1ccc(/C=C/C(=O)c2ccc(OC(=O)c3ccccc3Br)cc2)cc1. The Bertz CT molecular complexity index is 1030. The Hall–Kier alpha value is -2.98. The minimum absolute atomic E-state index is 0.110. The summed E-state index contributed by atoms with van der Waals surface area (Å²) >= 11 is 3.34. The Labute approximate surface area is 179 Å². The third-order valence-electron chi connectivity index (χ3n) is 4.47. The summed E-state index contributed by atoms with van der Waals surface area (Å²) in [7, 11) is 0. The first-order valence-electron chi connectivity index (χ1n) is 9.33. The van der Waals surface area contributed by atoms with E-state index in [0.29, 0.717) is 27.3 Å². The summed E-state index contributed by atoms with van der Waals surface area (Å²) in [5, 5.41) is 0. The Balaban J connectivity index is 1.64. The third kappa shape index (κ3) is 5.52. The zero-order chi connectivity index (χ0) is 20.8. The molecule has 0 atom stereocenters. The zero-order valence-corrected chi connectivity index (χ0v) is 17.8. The highest BCUT2D eigenvalue weighted by Crippen LogP contribution is 2.20. The smallest absolute Gasteiger partial charge is 0.344 e. The molecule has 0 amide bonds. The van der Waals surface area contributed by atoms with Crippen LogP contribution in [-0.2, 0) is 0 Å². The van der Waals surface area contributed by atoms with Gasteiger partial charge in [-0.3, -0.25) is 4.79 Å². The largest absolute Gasteiger partial charge is 0.423 e. The van der Waals surface area contributed by atoms with E-state index in [1.54, 1.807) is 54.6 Å². The number of ketones is 1. The Morgan fingerprint density at radius 1 is 0.897 bits per heavy atom. The topological polar surface area (TPSA) is 43.4 Å². The Kier molecular flexibility index (Phi) is 6.78. The van der Waals surface area contributed by atoms with Crippen molar-refractivity contribution in [3.8, 4) is 5.75 Å². The molecule has 146 valence electrons. The predicted octanol–water partition coefficient (Wildman–Crippen LogP) is 6.69. The zero-order valence-electron chi connectivity index (χ0n) is 16.3. The van der Waals surface area contributed by atoms with Gasteiger partial charge in [-0.15, -0.1) is 0 Å². The molecule has 0 bridgehead atoms. The van der Waals surface area contributed by atoms with Gasteiger partial charge in [0.25, 0.3) is 0 Å². The molecular formula is C25H21BrO3. The van der Waals surface area contributed by atoms with E-state index < -0.39 is 5.97 Å². The molecule has 3 rings (SSSR count). The lowest BCUT2D eigenvalue weighted by atomic mass is 10.0. The molecule has 0 aromatic heterocycles. The molecule has 0 heterocycles. The van der Waals surface area contributed by atoms with Crippen molar-refractivity contribution in [2.24, 2.45) is 0 Å². The predicted molar refractivity (Wildman–Crippen MR) is 119 cm³/mol. The molecule has 0 spiro atoms. The summed E-state index contributed by atoms with van der Waals surface area (Å²) in [5.41, 5.74) is 3.21. The number of esters is 1. The van der Waals surface area contributed by atoms with Crippen LogP contribution in [0.15, 0.2) is 83.3 Å². The summed E-state index contributed by atoms with van der Waals surface area (Å²) in [4.78, 5) is 24.6. The number of rotatable bonds is 6. The highest BCUT2D eigenvalue weighted by Gasteiger charge is 2.12. The van der Waals surface area contributed by atoms with Crippen LogP contribution in [0.4, 0.5) is 0 Å². The average molecular weight is 449 g/mol. The fraction of sp³-hybridized carbons (Fsp3) is 0.120. The van der Waals surface area contributed by atoms with E-state index in [4.69, 9.17) is 4.74 Å². The van der Waals surface area contributed by atoms with Crippen molar-refractivity contribution in [2.75, 3.05) is 0 Å². The number of hydrogen-bond donors (Lipinski definition) is 0. The van der Waals surface area contributed by atoms with E-state index in [1.807, 2.05) is 18.2 Å². The summed E-state index contributed by atoms with van der Waals surface area (Å²) in [5.74, 6) is 0.295. The van der Waals surface area contributed by atoms with Crippen LogP contribution in [0.2, 0.25) is 0 Å². The molecule has 4 heteroatoms. The van der Waals surface area contributed by atoms with Gasteiger partial charge in [-0.2, -0.15) is 0 Å². The van der Waals surface area contributed by atoms with Crippen molar-refractivity contribution >= 4 is 33.8 Å². The van der Waals surface area contributed by atoms with Gasteiger partial charge in [-0.1, -0.05) is 56.3 Å². The summed E-state index contributed by atoms with van der Waals surface area (Å²) in [6.07, 6.45) is 3.35. The van der Waals surface area contributed by atoms with Gasteiger partial charge in [0.2, 0.25) is 0 Å². The van der Waals surface area contributed by atoms with Crippen LogP contribution < -0.4 is 4.74 Å². The van der Waals surface area contributed by atoms with Crippen molar-refractivity contribution in [2.45, 2.75) is 19.8 Å². The summed E-state index contributed by atoms with van der Waals surface area (Å²) < 4.78 is 6.05. The quantitative estimate of drug-likeness (QED) is 0.182. The van der Waals surface area contributed by atoms with Gasteiger partial charge in [-0.25, -0.2) is 4.79 Å². The standard InChI is InChI=1S/C25H21BrO3/c1-17(2)19-10-7-18(8-11-19)9-16-24(27)20-12-14-21(15-13-20)29-25(28)22-5-3-4-6-23(22)26/h3-17H,1-2H3/b16-9+. The van der Waals surface area contributed by atoms with Gasteiger partial charge >= 0.3 is 5.97 Å². The highest BCUT2D eigenvalue weighted by molar-refractivity contribution is 9.10. The molecule has 3 aromatic rings. The first-order valence-corrected chi connectivity index (χ1v) is 10.1. The van der Waals surface area contributed by atoms with Crippen molar-refractivity contribution in [1.29, 1.82) is 0 Å². The van der Waals surface area contributed by atoms with Crippen LogP contribution in [0.3, 0.4) is 0 Å². The Morgan fingerprint density at radius 3 is 2.17 bits per heavy atom. The van der Waals surface area contributed by atoms with E-state index in [2.05, 4.69) is 41.9 Å². The van der Waals surface area contributed by atoms with Gasteiger partial charge < -0.3 is 4.74 Å². The van der Waals surface area contributed by atoms with E-state index in [0.717, 1.165) is 5.56 Å². The van der Waals surface area contributed by atoms with Crippen LogP contribution in [0.1, 0.15) is 51.6 Å². The maximum Gasteiger partial charge on any atom is 0.344 e. The van der Waals surface area contributed by atoms with E-state index >= 15 is 0 Å². The van der Waals surface area contributed by atoms with Crippen LogP contribution in [0.25, 0.3) is 6.08 Å². The minimum atomic E-state index is -0.457. The van der Waals surface area contributed by atoms with Crippen LogP contribution in [0.5, 0.6) is 5.75 Å². The summed E-state index contributed by atoms with van der Waals surface area (Å²) in [6.45, 7) is 4.29. The van der Waals surface area contributed by atoms with Gasteiger partial charge in [-0.05, 0) is 75.4 Å². The maximum absolute atomic E-state index is 12.4. The fourth-order valence-electron chi connectivity index (χ4n) is 2.74. The molecule has 3 aromatic carbocycles.